The molecule has 0 heterocycles. The molecule has 4 nitrogen and oxygen atoms in total. The molecule has 5 heteroatoms. The molecule has 120 valence electrons. The highest BCUT2D eigenvalue weighted by molar-refractivity contribution is 7.80. The molecule has 0 aliphatic rings. The van der Waals surface area contributed by atoms with E-state index in [-0.39, 0.29) is 5.97 Å². The molecule has 0 bridgehead atoms. The molecule has 2 N–H and O–H groups in total. The van der Waals surface area contributed by atoms with Gasteiger partial charge in [-0.25, -0.2) is 4.79 Å². The fourth-order valence-electron chi connectivity index (χ4n) is 2.18. The molecular formula is C18H20N2O2S. The van der Waals surface area contributed by atoms with E-state index in [0.717, 1.165) is 18.7 Å². The standard InChI is InChI=1S/C18H20N2O2S/c1-13-5-3-4-6-14(13)11-12-19-18(23)20-16-9-7-15(8-10-16)17(21)22-2/h3-10H,11-12H2,1-2H3,(H2,19,20,23). The average molecular weight is 328 g/mol. The van der Waals surface area contributed by atoms with Gasteiger partial charge in [0.25, 0.3) is 0 Å². The van der Waals surface area contributed by atoms with Crippen LogP contribution in [0.1, 0.15) is 21.5 Å². The number of thiocarbonyl (C=S) groups is 1. The zero-order chi connectivity index (χ0) is 16.7. The SMILES string of the molecule is COC(=O)c1ccc(NC(=S)NCCc2ccccc2C)cc1. The molecule has 0 aliphatic heterocycles. The number of carbonyl (C=O) groups is 1. The van der Waals surface area contributed by atoms with E-state index in [0.29, 0.717) is 10.7 Å². The van der Waals surface area contributed by atoms with Crippen LogP contribution in [0.15, 0.2) is 48.5 Å². The Hall–Kier alpha value is -2.40. The van der Waals surface area contributed by atoms with Crippen LogP contribution in [0, 0.1) is 6.92 Å². The van der Waals surface area contributed by atoms with Crippen molar-refractivity contribution in [3.05, 3.63) is 65.2 Å². The first-order chi connectivity index (χ1) is 11.1. The van der Waals surface area contributed by atoms with Crippen LogP contribution in [0.2, 0.25) is 0 Å². The summed E-state index contributed by atoms with van der Waals surface area (Å²) in [6, 6.07) is 15.3. The van der Waals surface area contributed by atoms with Crippen molar-refractivity contribution in [2.24, 2.45) is 0 Å². The molecule has 0 saturated carbocycles. The number of hydrogen-bond donors (Lipinski definition) is 2. The van der Waals surface area contributed by atoms with Gasteiger partial charge in [-0.1, -0.05) is 24.3 Å². The summed E-state index contributed by atoms with van der Waals surface area (Å²) in [7, 11) is 1.36. The van der Waals surface area contributed by atoms with E-state index in [1.165, 1.54) is 18.2 Å². The summed E-state index contributed by atoms with van der Waals surface area (Å²) in [6.45, 7) is 2.87. The highest BCUT2D eigenvalue weighted by atomic mass is 32.1. The molecular weight excluding hydrogens is 308 g/mol. The smallest absolute Gasteiger partial charge is 0.337 e. The Kier molecular flexibility index (Phi) is 6.11. The topological polar surface area (TPSA) is 50.4 Å². The maximum absolute atomic E-state index is 11.4. The van der Waals surface area contributed by atoms with Gasteiger partial charge in [-0.3, -0.25) is 0 Å². The molecule has 2 aromatic rings. The Balaban J connectivity index is 1.81. The summed E-state index contributed by atoms with van der Waals surface area (Å²) < 4.78 is 4.66. The quantitative estimate of drug-likeness (QED) is 0.651. The van der Waals surface area contributed by atoms with Gasteiger partial charge in [0.1, 0.15) is 0 Å². The molecule has 0 fully saturated rings. The minimum absolute atomic E-state index is 0.351. The van der Waals surface area contributed by atoms with E-state index < -0.39 is 0 Å². The molecule has 2 aromatic carbocycles. The van der Waals surface area contributed by atoms with Gasteiger partial charge < -0.3 is 15.4 Å². The predicted octanol–water partition coefficient (Wildman–Crippen LogP) is 3.31. The number of esters is 1. The van der Waals surface area contributed by atoms with Crippen molar-refractivity contribution < 1.29 is 9.53 Å². The first kappa shape index (κ1) is 17.0. The number of nitrogens with one attached hydrogen (secondary N) is 2. The van der Waals surface area contributed by atoms with E-state index in [4.69, 9.17) is 12.2 Å². The lowest BCUT2D eigenvalue weighted by Gasteiger charge is -2.11. The second-order valence-electron chi connectivity index (χ2n) is 5.13. The highest BCUT2D eigenvalue weighted by Crippen LogP contribution is 2.10. The monoisotopic (exact) mass is 328 g/mol. The van der Waals surface area contributed by atoms with E-state index in [1.54, 1.807) is 24.3 Å². The zero-order valence-electron chi connectivity index (χ0n) is 13.3. The second-order valence-corrected chi connectivity index (χ2v) is 5.53. The Morgan fingerprint density at radius 2 is 1.83 bits per heavy atom. The zero-order valence-corrected chi connectivity index (χ0v) is 14.1. The number of aryl methyl sites for hydroxylation is 1. The molecule has 0 amide bonds. The summed E-state index contributed by atoms with van der Waals surface area (Å²) in [6.07, 6.45) is 0.912. The van der Waals surface area contributed by atoms with E-state index in [2.05, 4.69) is 34.4 Å². The van der Waals surface area contributed by atoms with Gasteiger partial charge in [0.05, 0.1) is 12.7 Å². The average Bonchev–Trinajstić information content (AvgIpc) is 2.56. The molecule has 0 saturated heterocycles. The largest absolute Gasteiger partial charge is 0.465 e. The minimum Gasteiger partial charge on any atom is -0.465 e. The van der Waals surface area contributed by atoms with Gasteiger partial charge in [-0.15, -0.1) is 0 Å². The lowest BCUT2D eigenvalue weighted by molar-refractivity contribution is 0.0601. The van der Waals surface area contributed by atoms with Crippen LogP contribution < -0.4 is 10.6 Å². The van der Waals surface area contributed by atoms with Crippen molar-refractivity contribution in [1.82, 2.24) is 5.32 Å². The van der Waals surface area contributed by atoms with E-state index >= 15 is 0 Å². The van der Waals surface area contributed by atoms with Crippen LogP contribution in [0.3, 0.4) is 0 Å². The summed E-state index contributed by atoms with van der Waals surface area (Å²) in [4.78, 5) is 11.4. The summed E-state index contributed by atoms with van der Waals surface area (Å²) in [5.74, 6) is -0.351. The minimum atomic E-state index is -0.351. The number of ether oxygens (including phenoxy) is 1. The third kappa shape index (κ3) is 5.07. The number of benzene rings is 2. The van der Waals surface area contributed by atoms with E-state index in [1.807, 2.05) is 12.1 Å². The van der Waals surface area contributed by atoms with Crippen LogP contribution in [-0.4, -0.2) is 24.7 Å². The lowest BCUT2D eigenvalue weighted by atomic mass is 10.1. The van der Waals surface area contributed by atoms with Gasteiger partial charge in [0, 0.05) is 12.2 Å². The molecule has 0 aliphatic carbocycles. The van der Waals surface area contributed by atoms with Gasteiger partial charge in [0.2, 0.25) is 0 Å². The van der Waals surface area contributed by atoms with Gasteiger partial charge >= 0.3 is 5.97 Å². The number of hydrogen-bond acceptors (Lipinski definition) is 3. The van der Waals surface area contributed by atoms with Crippen molar-refractivity contribution in [3.8, 4) is 0 Å². The molecule has 0 atom stereocenters. The Morgan fingerprint density at radius 1 is 1.13 bits per heavy atom. The Labute approximate surface area is 141 Å². The fraction of sp³-hybridized carbons (Fsp3) is 0.222. The van der Waals surface area contributed by atoms with Crippen LogP contribution in [0.5, 0.6) is 0 Å². The van der Waals surface area contributed by atoms with Crippen LogP contribution >= 0.6 is 12.2 Å². The van der Waals surface area contributed by atoms with E-state index in [9.17, 15) is 4.79 Å². The predicted molar refractivity (Wildman–Crippen MR) is 96.9 cm³/mol. The maximum Gasteiger partial charge on any atom is 0.337 e. The lowest BCUT2D eigenvalue weighted by Crippen LogP contribution is -2.30. The molecule has 0 unspecified atom stereocenters. The molecule has 0 spiro atoms. The van der Waals surface area contributed by atoms with Crippen LogP contribution in [-0.2, 0) is 11.2 Å². The van der Waals surface area contributed by atoms with Crippen molar-refractivity contribution in [1.29, 1.82) is 0 Å². The molecule has 23 heavy (non-hydrogen) atoms. The number of rotatable bonds is 5. The fourth-order valence-corrected chi connectivity index (χ4v) is 2.40. The number of methoxy groups -OCH3 is 1. The van der Waals surface area contributed by atoms with Gasteiger partial charge in [-0.05, 0) is 61.0 Å². The normalized spacial score (nSPS) is 10.0. The number of carbonyl (C=O) groups excluding carboxylic acids is 1. The first-order valence-corrected chi connectivity index (χ1v) is 7.78. The Morgan fingerprint density at radius 3 is 2.48 bits per heavy atom. The second kappa shape index (κ2) is 8.29. The van der Waals surface area contributed by atoms with Crippen molar-refractivity contribution in [2.45, 2.75) is 13.3 Å². The number of anilines is 1. The summed E-state index contributed by atoms with van der Waals surface area (Å²) >= 11 is 5.28. The summed E-state index contributed by atoms with van der Waals surface area (Å²) in [5, 5.41) is 6.84. The van der Waals surface area contributed by atoms with Crippen molar-refractivity contribution in [2.75, 3.05) is 19.0 Å². The molecule has 0 aromatic heterocycles. The van der Waals surface area contributed by atoms with Crippen LogP contribution in [0.25, 0.3) is 0 Å². The van der Waals surface area contributed by atoms with Gasteiger partial charge in [-0.2, -0.15) is 0 Å². The van der Waals surface area contributed by atoms with Gasteiger partial charge in [0.15, 0.2) is 5.11 Å². The maximum atomic E-state index is 11.4. The Bertz CT molecular complexity index is 684. The highest BCUT2D eigenvalue weighted by Gasteiger charge is 2.05. The summed E-state index contributed by atoms with van der Waals surface area (Å²) in [5.41, 5.74) is 3.93. The third-order valence-electron chi connectivity index (χ3n) is 3.51. The van der Waals surface area contributed by atoms with Crippen molar-refractivity contribution in [3.63, 3.8) is 0 Å². The molecule has 0 radical (unpaired) electrons. The van der Waals surface area contributed by atoms with Crippen LogP contribution in [0.4, 0.5) is 5.69 Å². The first-order valence-electron chi connectivity index (χ1n) is 7.38. The third-order valence-corrected chi connectivity index (χ3v) is 3.75. The van der Waals surface area contributed by atoms with Crippen molar-refractivity contribution >= 4 is 29.0 Å². The molecule has 2 rings (SSSR count).